The molecule has 2 aliphatic carbocycles. The Morgan fingerprint density at radius 1 is 1.03 bits per heavy atom. The summed E-state index contributed by atoms with van der Waals surface area (Å²) >= 11 is 0. The van der Waals surface area contributed by atoms with Gasteiger partial charge in [0.25, 0.3) is 0 Å². The number of rotatable bonds is 13. The van der Waals surface area contributed by atoms with Crippen LogP contribution in [0.1, 0.15) is 67.4 Å². The average Bonchev–Trinajstić information content (AvgIpc) is 4.06. The Kier molecular flexibility index (Phi) is 10.6. The Bertz CT molecular complexity index is 2540. The molecule has 9 rings (SSSR count). The largest absolute Gasteiger partial charge is 0.508 e. The lowest BCUT2D eigenvalue weighted by Gasteiger charge is -2.55. The number of fused-ring (bicyclic) bond motifs is 3. The van der Waals surface area contributed by atoms with Crippen molar-refractivity contribution in [1.29, 1.82) is 5.41 Å². The first-order valence-corrected chi connectivity index (χ1v) is 20.7. The minimum absolute atomic E-state index is 0.0140. The number of hydrogen-bond donors (Lipinski definition) is 8. The third kappa shape index (κ3) is 7.29. The van der Waals surface area contributed by atoms with Gasteiger partial charge in [0.15, 0.2) is 23.2 Å². The van der Waals surface area contributed by atoms with Crippen LogP contribution in [0.2, 0.25) is 0 Å². The Labute approximate surface area is 360 Å². The van der Waals surface area contributed by atoms with E-state index >= 15 is 0 Å². The molecular weight excluding hydrogens is 817 g/mol. The molecule has 2 bridgehead atoms. The normalized spacial score (nSPS) is 28.8. The number of aliphatic hydroxyl groups excluding tert-OH is 2. The Hall–Kier alpha value is -6.53. The second-order valence-electron chi connectivity index (χ2n) is 16.4. The fraction of sp³-hybridized carbons (Fsp3) is 0.370. The van der Waals surface area contributed by atoms with Gasteiger partial charge >= 0.3 is 5.97 Å². The number of aryl methyl sites for hydroxylation is 1. The summed E-state index contributed by atoms with van der Waals surface area (Å²) in [5.74, 6) is -3.84. The molecular formula is C46H46N4O13. The molecule has 1 saturated carbocycles. The van der Waals surface area contributed by atoms with Gasteiger partial charge in [0.1, 0.15) is 64.2 Å². The maximum atomic E-state index is 12.8. The van der Waals surface area contributed by atoms with Crippen molar-refractivity contribution in [3.05, 3.63) is 101 Å². The van der Waals surface area contributed by atoms with E-state index in [2.05, 4.69) is 15.0 Å². The number of carboxylic acid groups (broad SMARTS) is 1. The minimum atomic E-state index is -2.63. The Morgan fingerprint density at radius 2 is 1.81 bits per heavy atom. The molecule has 63 heavy (non-hydrogen) atoms. The molecule has 1 saturated heterocycles. The number of nitrogens with zero attached hydrogens (tertiary/aromatic N) is 3. The van der Waals surface area contributed by atoms with Gasteiger partial charge in [0.2, 0.25) is 12.0 Å². The van der Waals surface area contributed by atoms with Crippen molar-refractivity contribution in [2.75, 3.05) is 13.2 Å². The highest BCUT2D eigenvalue weighted by Gasteiger charge is 2.70. The summed E-state index contributed by atoms with van der Waals surface area (Å²) in [5, 5.41) is 88.5. The fourth-order valence-electron chi connectivity index (χ4n) is 9.23. The van der Waals surface area contributed by atoms with Crippen LogP contribution in [0.25, 0.3) is 5.76 Å². The predicted molar refractivity (Wildman–Crippen MR) is 227 cm³/mol. The number of aliphatic imine (C=N–C) groups is 3. The third-order valence-electron chi connectivity index (χ3n) is 12.5. The smallest absolute Gasteiger partial charge is 0.336 e. The first-order chi connectivity index (χ1) is 30.2. The second kappa shape index (κ2) is 16.0. The lowest BCUT2D eigenvalue weighted by atomic mass is 9.64. The number of allylic oxidation sites excluding steroid dienone is 1. The maximum Gasteiger partial charge on any atom is 0.336 e. The van der Waals surface area contributed by atoms with Crippen LogP contribution < -0.4 is 18.9 Å². The summed E-state index contributed by atoms with van der Waals surface area (Å²) in [6, 6.07) is 13.4. The molecule has 0 spiro atoms. The first-order valence-electron chi connectivity index (χ1n) is 20.7. The van der Waals surface area contributed by atoms with Crippen LogP contribution in [-0.4, -0.2) is 108 Å². The maximum absolute atomic E-state index is 12.8. The minimum Gasteiger partial charge on any atom is -0.508 e. The molecule has 4 heterocycles. The molecule has 3 aromatic rings. The lowest BCUT2D eigenvalue weighted by molar-refractivity contribution is -0.337. The predicted octanol–water partition coefficient (Wildman–Crippen LogP) is 4.98. The molecule has 8 N–H and O–H groups in total. The Balaban J connectivity index is 1.09. The van der Waals surface area contributed by atoms with E-state index in [1.165, 1.54) is 24.6 Å². The highest BCUT2D eigenvalue weighted by atomic mass is 16.7. The quantitative estimate of drug-likeness (QED) is 0.106. The van der Waals surface area contributed by atoms with Crippen molar-refractivity contribution in [1.82, 2.24) is 0 Å². The van der Waals surface area contributed by atoms with E-state index in [0.29, 0.717) is 49.2 Å². The van der Waals surface area contributed by atoms with Crippen molar-refractivity contribution in [2.24, 2.45) is 20.9 Å². The van der Waals surface area contributed by atoms with Gasteiger partial charge in [-0.15, -0.1) is 0 Å². The number of ether oxygens (including phenoxy) is 5. The van der Waals surface area contributed by atoms with E-state index in [1.807, 2.05) is 13.0 Å². The molecule has 0 amide bonds. The second-order valence-corrected chi connectivity index (χ2v) is 16.4. The summed E-state index contributed by atoms with van der Waals surface area (Å²) in [6.07, 6.45) is 4.63. The summed E-state index contributed by atoms with van der Waals surface area (Å²) in [6.45, 7) is 2.29. The van der Waals surface area contributed by atoms with Crippen LogP contribution in [0.15, 0.2) is 93.9 Å². The van der Waals surface area contributed by atoms with E-state index in [9.17, 15) is 40.5 Å². The Morgan fingerprint density at radius 3 is 2.49 bits per heavy atom. The van der Waals surface area contributed by atoms with E-state index in [1.54, 1.807) is 48.6 Å². The van der Waals surface area contributed by atoms with Gasteiger partial charge in [-0.1, -0.05) is 31.2 Å². The number of hydrogen-bond acceptors (Lipinski definition) is 15. The van der Waals surface area contributed by atoms with Gasteiger partial charge in [-0.05, 0) is 91.3 Å². The van der Waals surface area contributed by atoms with Crippen LogP contribution >= 0.6 is 0 Å². The number of phenolic OH excluding ortho intramolecular Hbond substituents is 2. The molecule has 4 aliphatic heterocycles. The molecule has 2 fully saturated rings. The topological polar surface area (TPSA) is 266 Å². The van der Waals surface area contributed by atoms with Crippen molar-refractivity contribution in [2.45, 2.75) is 86.9 Å². The van der Waals surface area contributed by atoms with Crippen LogP contribution in [0.5, 0.6) is 34.5 Å². The van der Waals surface area contributed by atoms with E-state index in [4.69, 9.17) is 29.1 Å². The van der Waals surface area contributed by atoms with Crippen molar-refractivity contribution in [3.63, 3.8) is 0 Å². The van der Waals surface area contributed by atoms with Crippen molar-refractivity contribution >= 4 is 35.3 Å². The van der Waals surface area contributed by atoms with Gasteiger partial charge in [0.05, 0.1) is 24.8 Å². The molecule has 1 unspecified atom stereocenters. The van der Waals surface area contributed by atoms with Gasteiger partial charge in [-0.2, -0.15) is 0 Å². The standard InChI is InChI=1S/C46H46N4O13/c1-2-24-17-26(19-28(51)18-24)44(13-3-4-14-44)63-39-35(61-43-45(57)15-11-30(31-22-48-23-49-31)46(58,42(45)56)40(62-43)41(54)55)21-34-37(38(39)53)32(52)20-33(60-34)25-5-8-29(9-6-25)59-16-12-27-7-10-36(47)50-27/h5-11,15,17-21,23,30,33,40,42-43,47,51-53,56-58H,2-4,12-14,16,22H2,1H3,(H,54,55)/t30-,33?,40-,42+,43-,45-,46-/m1/s1. The molecule has 328 valence electrons. The SMILES string of the molecule is CCc1cc(O)cc(C2(Oc3c(O[C@@H]4O[C@H](C(=O)O)[C@]5(O)[C@@H](C6=NC=NC6)C=C[C@@]4(O)[C@@H]5O)cc4c(c3O)C(O)=CC(c3ccc(OCCC5=NC(=N)C=C5)cc3)O4)CCCC2)c1. The van der Waals surface area contributed by atoms with Crippen molar-refractivity contribution in [3.8, 4) is 34.5 Å². The fourth-order valence-corrected chi connectivity index (χ4v) is 9.23. The number of aliphatic carboxylic acids is 1. The van der Waals surface area contributed by atoms with Crippen molar-refractivity contribution < 1.29 is 64.2 Å². The van der Waals surface area contributed by atoms with Crippen LogP contribution in [0, 0.1) is 11.3 Å². The molecule has 3 aromatic carbocycles. The number of carbonyl (C=O) groups is 1. The van der Waals surface area contributed by atoms with Gasteiger partial charge in [-0.3, -0.25) is 10.4 Å². The van der Waals surface area contributed by atoms with Crippen LogP contribution in [0.3, 0.4) is 0 Å². The number of aromatic hydroxyl groups is 2. The summed E-state index contributed by atoms with van der Waals surface area (Å²) in [7, 11) is 0. The zero-order valence-corrected chi connectivity index (χ0v) is 34.0. The highest BCUT2D eigenvalue weighted by Crippen LogP contribution is 2.56. The van der Waals surface area contributed by atoms with Gasteiger partial charge in [0, 0.05) is 24.3 Å². The van der Waals surface area contributed by atoms with Crippen LogP contribution in [-0.2, 0) is 21.6 Å². The number of nitrogens with one attached hydrogen (secondary N) is 1. The van der Waals surface area contributed by atoms with E-state index in [-0.39, 0.29) is 52.4 Å². The number of amidine groups is 1. The summed E-state index contributed by atoms with van der Waals surface area (Å²) < 4.78 is 31.3. The monoisotopic (exact) mass is 862 g/mol. The molecule has 0 aromatic heterocycles. The average molecular weight is 863 g/mol. The van der Waals surface area contributed by atoms with E-state index < -0.39 is 59.0 Å². The third-order valence-corrected chi connectivity index (χ3v) is 12.5. The van der Waals surface area contributed by atoms with Gasteiger partial charge in [-0.25, -0.2) is 14.8 Å². The van der Waals surface area contributed by atoms with Gasteiger partial charge < -0.3 is 59.4 Å². The lowest BCUT2D eigenvalue weighted by Crippen LogP contribution is -2.78. The highest BCUT2D eigenvalue weighted by molar-refractivity contribution is 6.14. The number of phenols is 2. The molecule has 17 nitrogen and oxygen atoms in total. The van der Waals surface area contributed by atoms with Crippen LogP contribution in [0.4, 0.5) is 0 Å². The van der Waals surface area contributed by atoms with E-state index in [0.717, 1.165) is 30.2 Å². The zero-order chi connectivity index (χ0) is 44.3. The number of carboxylic acids is 1. The summed E-state index contributed by atoms with van der Waals surface area (Å²) in [4.78, 5) is 25.1. The number of aliphatic hydroxyl groups is 4. The molecule has 0 radical (unpaired) electrons. The molecule has 17 heteroatoms. The molecule has 6 aliphatic rings. The molecule has 7 atom stereocenters. The first kappa shape index (κ1) is 41.8. The number of benzene rings is 3. The summed E-state index contributed by atoms with van der Waals surface area (Å²) in [5.41, 5.74) is -3.46. The zero-order valence-electron chi connectivity index (χ0n) is 34.0.